The van der Waals surface area contributed by atoms with Crippen LogP contribution < -0.4 is 10.3 Å². The molecule has 0 radical (unpaired) electrons. The first-order valence-corrected chi connectivity index (χ1v) is 12.2. The van der Waals surface area contributed by atoms with Gasteiger partial charge in [-0.3, -0.25) is 14.9 Å². The van der Waals surface area contributed by atoms with E-state index in [0.717, 1.165) is 17.3 Å². The zero-order chi connectivity index (χ0) is 25.7. The summed E-state index contributed by atoms with van der Waals surface area (Å²) in [6, 6.07) is 8.01. The van der Waals surface area contributed by atoms with Crippen LogP contribution in [0.15, 0.2) is 49.2 Å². The minimum atomic E-state index is -1.12. The fourth-order valence-corrected chi connectivity index (χ4v) is 4.11. The lowest BCUT2D eigenvalue weighted by Gasteiger charge is -2.15. The Hall–Kier alpha value is -3.12. The average Bonchev–Trinajstić information content (AvgIpc) is 2.83. The van der Waals surface area contributed by atoms with Gasteiger partial charge in [0.25, 0.3) is 5.56 Å². The number of aryl methyl sites for hydroxylation is 1. The first-order valence-electron chi connectivity index (χ1n) is 10.6. The molecule has 1 heterocycles. The summed E-state index contributed by atoms with van der Waals surface area (Å²) in [5.74, 6) is -0.426. The van der Waals surface area contributed by atoms with Gasteiger partial charge in [0.1, 0.15) is 5.82 Å². The Labute approximate surface area is 217 Å². The maximum atomic E-state index is 13.3. The number of carbonyl (C=O) groups is 1. The van der Waals surface area contributed by atoms with Crippen LogP contribution >= 0.6 is 31.9 Å². The third-order valence-electron chi connectivity index (χ3n) is 5.03. The summed E-state index contributed by atoms with van der Waals surface area (Å²) in [5, 5.41) is 16.4. The summed E-state index contributed by atoms with van der Waals surface area (Å²) in [4.78, 5) is 40.9. The lowest BCUT2D eigenvalue weighted by molar-refractivity contribution is -0.386. The van der Waals surface area contributed by atoms with E-state index < -0.39 is 17.0 Å². The number of rotatable bonds is 9. The highest BCUT2D eigenvalue weighted by Crippen LogP contribution is 2.34. The molecule has 0 unspecified atom stereocenters. The van der Waals surface area contributed by atoms with Gasteiger partial charge in [0.05, 0.1) is 29.2 Å². The number of ether oxygens (including phenoxy) is 2. The molecule has 1 atom stereocenters. The molecule has 184 valence electrons. The number of fused-ring (bicyclic) bond motifs is 1. The Kier molecular flexibility index (Phi) is 8.73. The monoisotopic (exact) mass is 608 g/mol. The van der Waals surface area contributed by atoms with Gasteiger partial charge < -0.3 is 9.47 Å². The first-order chi connectivity index (χ1) is 16.7. The lowest BCUT2D eigenvalue weighted by Crippen LogP contribution is -2.26. The molecule has 3 rings (SSSR count). The van der Waals surface area contributed by atoms with Crippen LogP contribution in [0.25, 0.3) is 10.9 Å². The van der Waals surface area contributed by atoms with E-state index in [1.54, 1.807) is 18.2 Å². The van der Waals surface area contributed by atoms with Gasteiger partial charge in [0, 0.05) is 27.0 Å². The fraction of sp³-hybridized carbons (Fsp3) is 0.304. The summed E-state index contributed by atoms with van der Waals surface area (Å²) < 4.78 is 12.6. The molecule has 0 aliphatic heterocycles. The standard InChI is InChI=1S/C23H22Br2N4O6/c1-4-5-6-20-27-18-8-7-15(24)10-17(18)22(30)28(20)26-12-14-9-16(25)11-19(29(32)33)21(14)35-13(2)23(31)34-3/h7-13H,4-6H2,1-3H3/t13-/m0/s1. The SMILES string of the molecule is CCCCc1nc2ccc(Br)cc2c(=O)n1N=Cc1cc(Br)cc([N+](=O)[O-])c1O[C@@H](C)C(=O)OC. The van der Waals surface area contributed by atoms with Crippen LogP contribution in [-0.4, -0.2) is 40.0 Å². The Balaban J connectivity index is 2.19. The molecule has 3 aromatic rings. The van der Waals surface area contributed by atoms with Gasteiger partial charge in [0.2, 0.25) is 5.75 Å². The Bertz CT molecular complexity index is 1370. The summed E-state index contributed by atoms with van der Waals surface area (Å²) in [5.41, 5.74) is -0.0291. The molecular formula is C23H22Br2N4O6. The quantitative estimate of drug-likeness (QED) is 0.145. The molecule has 0 fully saturated rings. The summed E-state index contributed by atoms with van der Waals surface area (Å²) in [6.45, 7) is 3.44. The Morgan fingerprint density at radius 1 is 1.29 bits per heavy atom. The van der Waals surface area contributed by atoms with E-state index in [4.69, 9.17) is 4.74 Å². The fourth-order valence-electron chi connectivity index (χ4n) is 3.28. The number of hydrogen-bond donors (Lipinski definition) is 0. The molecule has 0 saturated carbocycles. The number of esters is 1. The van der Waals surface area contributed by atoms with Crippen molar-refractivity contribution in [3.8, 4) is 5.75 Å². The minimum Gasteiger partial charge on any atom is -0.471 e. The topological polar surface area (TPSA) is 126 Å². The normalized spacial score (nSPS) is 12.1. The van der Waals surface area contributed by atoms with Crippen LogP contribution in [0.2, 0.25) is 0 Å². The predicted molar refractivity (Wildman–Crippen MR) is 138 cm³/mol. The maximum absolute atomic E-state index is 13.3. The Morgan fingerprint density at radius 2 is 2.03 bits per heavy atom. The molecule has 0 bridgehead atoms. The highest BCUT2D eigenvalue weighted by atomic mass is 79.9. The molecule has 0 aliphatic rings. The number of carbonyl (C=O) groups excluding carboxylic acids is 1. The lowest BCUT2D eigenvalue weighted by atomic mass is 10.2. The van der Waals surface area contributed by atoms with Gasteiger partial charge in [0.15, 0.2) is 6.10 Å². The van der Waals surface area contributed by atoms with Gasteiger partial charge in [-0.15, -0.1) is 0 Å². The van der Waals surface area contributed by atoms with Crippen LogP contribution in [-0.2, 0) is 16.0 Å². The van der Waals surface area contributed by atoms with E-state index >= 15 is 0 Å². The minimum absolute atomic E-state index is 0.181. The molecule has 10 nitrogen and oxygen atoms in total. The van der Waals surface area contributed by atoms with Gasteiger partial charge in [-0.25, -0.2) is 9.78 Å². The van der Waals surface area contributed by atoms with Crippen molar-refractivity contribution in [3.63, 3.8) is 0 Å². The molecule has 0 amide bonds. The van der Waals surface area contributed by atoms with Crippen LogP contribution in [0.1, 0.15) is 38.1 Å². The van der Waals surface area contributed by atoms with Crippen molar-refractivity contribution in [1.82, 2.24) is 9.66 Å². The number of hydrogen-bond acceptors (Lipinski definition) is 8. The maximum Gasteiger partial charge on any atom is 0.346 e. The van der Waals surface area contributed by atoms with E-state index in [2.05, 4.69) is 46.7 Å². The predicted octanol–water partition coefficient (Wildman–Crippen LogP) is 4.99. The van der Waals surface area contributed by atoms with Crippen LogP contribution in [0, 0.1) is 10.1 Å². The summed E-state index contributed by atoms with van der Waals surface area (Å²) in [7, 11) is 1.19. The Morgan fingerprint density at radius 3 is 2.69 bits per heavy atom. The van der Waals surface area contributed by atoms with Crippen molar-refractivity contribution >= 4 is 60.6 Å². The number of nitrogens with zero attached hydrogens (tertiary/aromatic N) is 4. The smallest absolute Gasteiger partial charge is 0.346 e. The summed E-state index contributed by atoms with van der Waals surface area (Å²) >= 11 is 6.62. The van der Waals surface area contributed by atoms with E-state index in [1.807, 2.05) is 6.92 Å². The molecule has 0 N–H and O–H groups in total. The third-order valence-corrected chi connectivity index (χ3v) is 5.98. The van der Waals surface area contributed by atoms with Crippen LogP contribution in [0.3, 0.4) is 0 Å². The van der Waals surface area contributed by atoms with E-state index in [1.165, 1.54) is 37.1 Å². The van der Waals surface area contributed by atoms with Crippen molar-refractivity contribution in [2.45, 2.75) is 39.2 Å². The molecule has 35 heavy (non-hydrogen) atoms. The third kappa shape index (κ3) is 6.12. The van der Waals surface area contributed by atoms with Crippen LogP contribution in [0.5, 0.6) is 5.75 Å². The molecule has 0 saturated heterocycles. The van der Waals surface area contributed by atoms with Crippen molar-refractivity contribution in [2.24, 2.45) is 5.10 Å². The zero-order valence-electron chi connectivity index (χ0n) is 19.2. The summed E-state index contributed by atoms with van der Waals surface area (Å²) in [6.07, 6.45) is 2.35. The molecule has 0 aliphatic carbocycles. The number of nitro groups is 1. The van der Waals surface area contributed by atoms with E-state index in [-0.39, 0.29) is 22.6 Å². The van der Waals surface area contributed by atoms with Gasteiger partial charge in [-0.1, -0.05) is 45.2 Å². The van der Waals surface area contributed by atoms with E-state index in [9.17, 15) is 19.7 Å². The van der Waals surface area contributed by atoms with Crippen molar-refractivity contribution < 1.29 is 19.2 Å². The average molecular weight is 610 g/mol. The molecule has 0 spiro atoms. The van der Waals surface area contributed by atoms with Gasteiger partial charge in [-0.2, -0.15) is 9.78 Å². The number of aromatic nitrogens is 2. The number of methoxy groups -OCH3 is 1. The number of nitro benzene ring substituents is 1. The highest BCUT2D eigenvalue weighted by Gasteiger charge is 2.25. The molecule has 1 aromatic heterocycles. The second-order valence-electron chi connectivity index (χ2n) is 7.54. The second-order valence-corrected chi connectivity index (χ2v) is 9.37. The number of halogens is 2. The van der Waals surface area contributed by atoms with Crippen LogP contribution in [0.4, 0.5) is 5.69 Å². The van der Waals surface area contributed by atoms with Crippen molar-refractivity contribution in [1.29, 1.82) is 0 Å². The largest absolute Gasteiger partial charge is 0.471 e. The van der Waals surface area contributed by atoms with Crippen molar-refractivity contribution in [3.05, 3.63) is 71.1 Å². The van der Waals surface area contributed by atoms with Gasteiger partial charge >= 0.3 is 11.7 Å². The number of unbranched alkanes of at least 4 members (excludes halogenated alkanes) is 1. The first kappa shape index (κ1) is 26.5. The van der Waals surface area contributed by atoms with Gasteiger partial charge in [-0.05, 0) is 37.6 Å². The van der Waals surface area contributed by atoms with E-state index in [0.29, 0.717) is 27.6 Å². The molecule has 2 aromatic carbocycles. The molecular weight excluding hydrogens is 588 g/mol. The molecule has 12 heteroatoms. The zero-order valence-corrected chi connectivity index (χ0v) is 22.3. The number of benzene rings is 2. The highest BCUT2D eigenvalue weighted by molar-refractivity contribution is 9.10. The second kappa shape index (κ2) is 11.5. The van der Waals surface area contributed by atoms with Crippen molar-refractivity contribution in [2.75, 3.05) is 7.11 Å².